The van der Waals surface area contributed by atoms with Crippen LogP contribution in [0.4, 0.5) is 19.0 Å². The van der Waals surface area contributed by atoms with Crippen molar-refractivity contribution in [3.05, 3.63) is 47.7 Å². The summed E-state index contributed by atoms with van der Waals surface area (Å²) in [6.45, 7) is -0.910. The Morgan fingerprint density at radius 1 is 1.10 bits per heavy atom. The molecule has 1 aromatic carbocycles. The zero-order valence-electron chi connectivity index (χ0n) is 16.1. The fourth-order valence-corrected chi connectivity index (χ4v) is 3.80. The lowest BCUT2D eigenvalue weighted by Gasteiger charge is -2.13. The van der Waals surface area contributed by atoms with Gasteiger partial charge in [-0.2, -0.15) is 13.2 Å². The van der Waals surface area contributed by atoms with Gasteiger partial charge in [0, 0.05) is 18.5 Å². The number of halogens is 3. The van der Waals surface area contributed by atoms with Crippen molar-refractivity contribution in [2.24, 2.45) is 0 Å². The SMILES string of the molecule is O=C1c2ccccc2C(=O)N1CCCCSc1nccc(NC(=S)NCC(F)(F)F)n1. The summed E-state index contributed by atoms with van der Waals surface area (Å²) in [5.74, 6) is 0.378. The summed E-state index contributed by atoms with van der Waals surface area (Å²) in [4.78, 5) is 34.2. The number of aromatic nitrogens is 2. The van der Waals surface area contributed by atoms with Crippen LogP contribution in [0.5, 0.6) is 0 Å². The van der Waals surface area contributed by atoms with E-state index in [0.717, 1.165) is 0 Å². The molecule has 0 saturated carbocycles. The van der Waals surface area contributed by atoms with E-state index in [4.69, 9.17) is 12.2 Å². The molecular formula is C19H18F3N5O2S2. The van der Waals surface area contributed by atoms with Crippen molar-refractivity contribution in [2.45, 2.75) is 24.2 Å². The molecule has 2 heterocycles. The van der Waals surface area contributed by atoms with Gasteiger partial charge in [0.1, 0.15) is 12.4 Å². The van der Waals surface area contributed by atoms with Gasteiger partial charge in [0.05, 0.1) is 11.1 Å². The van der Waals surface area contributed by atoms with E-state index in [1.807, 2.05) is 0 Å². The van der Waals surface area contributed by atoms with Crippen molar-refractivity contribution >= 4 is 46.7 Å². The first-order valence-corrected chi connectivity index (χ1v) is 10.7. The fraction of sp³-hybridized carbons (Fsp3) is 0.316. The van der Waals surface area contributed by atoms with Gasteiger partial charge in [-0.05, 0) is 43.3 Å². The molecule has 0 saturated heterocycles. The average molecular weight is 470 g/mol. The standard InChI is InChI=1S/C19H18F3N5O2S2/c20-19(21,22)11-24-17(30)25-14-7-8-23-18(26-14)31-10-4-3-9-27-15(28)12-5-1-2-6-13(12)16(27)29/h1-2,5-8H,3-4,9-11H2,(H2,23,24,25,26,30). The Morgan fingerprint density at radius 2 is 1.77 bits per heavy atom. The van der Waals surface area contributed by atoms with Gasteiger partial charge in [0.25, 0.3) is 11.8 Å². The van der Waals surface area contributed by atoms with Crippen LogP contribution in [0.3, 0.4) is 0 Å². The number of benzene rings is 1. The van der Waals surface area contributed by atoms with E-state index in [-0.39, 0.29) is 22.7 Å². The number of thiocarbonyl (C=S) groups is 1. The molecule has 0 bridgehead atoms. The molecule has 12 heteroatoms. The number of amides is 2. The first kappa shape index (κ1) is 22.9. The summed E-state index contributed by atoms with van der Waals surface area (Å²) in [5.41, 5.74) is 0.865. The van der Waals surface area contributed by atoms with Crippen molar-refractivity contribution in [2.75, 3.05) is 24.2 Å². The summed E-state index contributed by atoms with van der Waals surface area (Å²) < 4.78 is 36.6. The third-order valence-corrected chi connectivity index (χ3v) is 5.40. The Hall–Kier alpha value is -2.73. The zero-order chi connectivity index (χ0) is 22.4. The van der Waals surface area contributed by atoms with E-state index >= 15 is 0 Å². The van der Waals surface area contributed by atoms with Gasteiger partial charge in [-0.3, -0.25) is 14.5 Å². The Balaban J connectivity index is 1.40. The van der Waals surface area contributed by atoms with Crippen molar-refractivity contribution in [1.82, 2.24) is 20.2 Å². The van der Waals surface area contributed by atoms with E-state index in [1.54, 1.807) is 24.3 Å². The average Bonchev–Trinajstić information content (AvgIpc) is 2.97. The molecule has 1 aliphatic heterocycles. The highest BCUT2D eigenvalue weighted by molar-refractivity contribution is 7.99. The van der Waals surface area contributed by atoms with Crippen LogP contribution in [-0.2, 0) is 0 Å². The maximum absolute atomic E-state index is 12.3. The van der Waals surface area contributed by atoms with Crippen LogP contribution in [-0.4, -0.2) is 56.8 Å². The Kier molecular flexibility index (Phi) is 7.44. The van der Waals surface area contributed by atoms with Crippen LogP contribution < -0.4 is 10.6 Å². The molecule has 2 aromatic rings. The molecule has 7 nitrogen and oxygen atoms in total. The van der Waals surface area contributed by atoms with Gasteiger partial charge >= 0.3 is 6.18 Å². The van der Waals surface area contributed by atoms with E-state index < -0.39 is 12.7 Å². The summed E-state index contributed by atoms with van der Waals surface area (Å²) in [7, 11) is 0. The number of unbranched alkanes of at least 4 members (excludes halogenated alkanes) is 1. The van der Waals surface area contributed by atoms with Crippen LogP contribution in [0.25, 0.3) is 0 Å². The molecule has 1 aromatic heterocycles. The molecule has 0 fully saturated rings. The van der Waals surface area contributed by atoms with Crippen LogP contribution >= 0.6 is 24.0 Å². The third kappa shape index (κ3) is 6.37. The summed E-state index contributed by atoms with van der Waals surface area (Å²) in [5, 5.41) is 4.89. The molecule has 0 radical (unpaired) electrons. The van der Waals surface area contributed by atoms with Crippen LogP contribution in [0.1, 0.15) is 33.6 Å². The maximum atomic E-state index is 12.3. The van der Waals surface area contributed by atoms with Gasteiger partial charge in [-0.15, -0.1) is 0 Å². The quantitative estimate of drug-likeness (QED) is 0.200. The molecule has 1 aliphatic rings. The number of anilines is 1. The second kappa shape index (κ2) is 10.1. The minimum Gasteiger partial charge on any atom is -0.353 e. The van der Waals surface area contributed by atoms with Gasteiger partial charge in [0.2, 0.25) is 0 Å². The highest BCUT2D eigenvalue weighted by Gasteiger charge is 2.34. The molecule has 2 N–H and O–H groups in total. The fourth-order valence-electron chi connectivity index (χ4n) is 2.80. The normalized spacial score (nSPS) is 13.3. The monoisotopic (exact) mass is 469 g/mol. The number of nitrogens with zero attached hydrogens (tertiary/aromatic N) is 3. The van der Waals surface area contributed by atoms with Gasteiger partial charge in [0.15, 0.2) is 10.3 Å². The number of imide groups is 1. The highest BCUT2D eigenvalue weighted by atomic mass is 32.2. The van der Waals surface area contributed by atoms with E-state index in [1.165, 1.54) is 28.9 Å². The minimum atomic E-state index is -4.37. The topological polar surface area (TPSA) is 87.2 Å². The zero-order valence-corrected chi connectivity index (χ0v) is 17.7. The van der Waals surface area contributed by atoms with Crippen molar-refractivity contribution in [3.63, 3.8) is 0 Å². The van der Waals surface area contributed by atoms with E-state index in [9.17, 15) is 22.8 Å². The number of rotatable bonds is 8. The van der Waals surface area contributed by atoms with Crippen molar-refractivity contribution in [3.8, 4) is 0 Å². The van der Waals surface area contributed by atoms with Crippen molar-refractivity contribution < 1.29 is 22.8 Å². The number of hydrogen-bond donors (Lipinski definition) is 2. The minimum absolute atomic E-state index is 0.187. The molecule has 0 atom stereocenters. The van der Waals surface area contributed by atoms with Gasteiger partial charge in [-0.1, -0.05) is 23.9 Å². The van der Waals surface area contributed by atoms with Crippen LogP contribution in [0, 0.1) is 0 Å². The van der Waals surface area contributed by atoms with E-state index in [0.29, 0.717) is 41.4 Å². The molecule has 0 unspecified atom stereocenters. The number of carbonyl (C=O) groups excluding carboxylic acids is 2. The highest BCUT2D eigenvalue weighted by Crippen LogP contribution is 2.23. The van der Waals surface area contributed by atoms with Gasteiger partial charge in [-0.25, -0.2) is 9.97 Å². The summed E-state index contributed by atoms with van der Waals surface area (Å²) in [6.07, 6.45) is -1.55. The first-order valence-electron chi connectivity index (χ1n) is 9.27. The second-order valence-electron chi connectivity index (χ2n) is 6.51. The molecular weight excluding hydrogens is 451 g/mol. The largest absolute Gasteiger partial charge is 0.405 e. The second-order valence-corrected chi connectivity index (χ2v) is 7.98. The lowest BCUT2D eigenvalue weighted by atomic mass is 10.1. The molecule has 2 amide bonds. The molecule has 164 valence electrons. The number of thioether (sulfide) groups is 1. The number of hydrogen-bond acceptors (Lipinski definition) is 6. The number of carbonyl (C=O) groups is 2. The number of nitrogens with one attached hydrogen (secondary N) is 2. The Labute approximate surface area is 185 Å². The molecule has 31 heavy (non-hydrogen) atoms. The predicted molar refractivity (Wildman–Crippen MR) is 114 cm³/mol. The Morgan fingerprint density at radius 3 is 2.42 bits per heavy atom. The molecule has 3 rings (SSSR count). The lowest BCUT2D eigenvalue weighted by molar-refractivity contribution is -0.121. The van der Waals surface area contributed by atoms with Crippen molar-refractivity contribution in [1.29, 1.82) is 0 Å². The predicted octanol–water partition coefficient (Wildman–Crippen LogP) is 3.49. The first-order chi connectivity index (χ1) is 14.7. The van der Waals surface area contributed by atoms with Gasteiger partial charge < -0.3 is 10.6 Å². The maximum Gasteiger partial charge on any atom is 0.405 e. The third-order valence-electron chi connectivity index (χ3n) is 4.21. The summed E-state index contributed by atoms with van der Waals surface area (Å²) >= 11 is 6.17. The lowest BCUT2D eigenvalue weighted by Crippen LogP contribution is -2.36. The van der Waals surface area contributed by atoms with Crippen LogP contribution in [0.2, 0.25) is 0 Å². The number of fused-ring (bicyclic) bond motifs is 1. The smallest absolute Gasteiger partial charge is 0.353 e. The summed E-state index contributed by atoms with van der Waals surface area (Å²) in [6, 6.07) is 8.24. The number of alkyl halides is 3. The Bertz CT molecular complexity index is 952. The van der Waals surface area contributed by atoms with E-state index in [2.05, 4.69) is 20.6 Å². The van der Waals surface area contributed by atoms with Crippen LogP contribution in [0.15, 0.2) is 41.7 Å². The molecule has 0 spiro atoms. The molecule has 0 aliphatic carbocycles.